The first-order valence-electron chi connectivity index (χ1n) is 23.9. The van der Waals surface area contributed by atoms with Gasteiger partial charge < -0.3 is 23.8 Å². The molecule has 5 aromatic rings. The number of para-hydroxylation sites is 3. The van der Waals surface area contributed by atoms with Crippen molar-refractivity contribution in [1.82, 2.24) is 29.7 Å². The van der Waals surface area contributed by atoms with Crippen molar-refractivity contribution in [1.29, 1.82) is 0 Å². The minimum absolute atomic E-state index is 0.0462. The van der Waals surface area contributed by atoms with Crippen LogP contribution in [0.15, 0.2) is 95.8 Å². The molecular weight excluding hydrogens is 851 g/mol. The number of carbonyl (C=O) groups excluding carboxylic acids is 2. The fraction of sp³-hybridized carbons (Fsp3) is 0.462. The number of hydrogen-bond acceptors (Lipinski definition) is 12. The van der Waals surface area contributed by atoms with Gasteiger partial charge in [-0.3, -0.25) is 34.1 Å². The zero-order valence-corrected chi connectivity index (χ0v) is 39.1. The van der Waals surface area contributed by atoms with Crippen molar-refractivity contribution in [3.8, 4) is 22.9 Å². The molecule has 3 saturated heterocycles. The Morgan fingerprint density at radius 2 is 1.60 bits per heavy atom. The Morgan fingerprint density at radius 3 is 2.37 bits per heavy atom. The number of fused-ring (bicyclic) bond motifs is 3. The highest BCUT2D eigenvalue weighted by molar-refractivity contribution is 5.87. The average Bonchev–Trinajstić information content (AvgIpc) is 3.33. The molecule has 8 rings (SSSR count). The van der Waals surface area contributed by atoms with Gasteiger partial charge in [-0.2, -0.15) is 0 Å². The number of amides is 2. The molecule has 3 aliphatic heterocycles. The maximum absolute atomic E-state index is 13.9. The predicted octanol–water partition coefficient (Wildman–Crippen LogP) is 7.65. The van der Waals surface area contributed by atoms with E-state index in [2.05, 4.69) is 20.6 Å². The highest BCUT2D eigenvalue weighted by Gasteiger charge is 2.39. The molecular formula is C52H65N7O8. The first-order chi connectivity index (χ1) is 32.8. The van der Waals surface area contributed by atoms with Crippen molar-refractivity contribution in [3.05, 3.63) is 118 Å². The van der Waals surface area contributed by atoms with Crippen LogP contribution >= 0.6 is 0 Å². The number of rotatable bonds is 20. The summed E-state index contributed by atoms with van der Waals surface area (Å²) in [4.78, 5) is 57.3. The SMILES string of the molecule is CCOc1ccccc1-n1c(CN2CCN(C(=O)COc3ccc(CONCCCCCN4C5CCCC4CC(OC(=O)Nc4cc(C)ccc4OC)C5)cc3)CC2)nc2ccccc2c1=O. The molecule has 4 heterocycles. The van der Waals surface area contributed by atoms with Crippen LogP contribution in [0.4, 0.5) is 10.5 Å². The number of piperidine rings is 2. The van der Waals surface area contributed by atoms with Gasteiger partial charge in [0.25, 0.3) is 11.5 Å². The number of carbonyl (C=O) groups is 2. The molecule has 2 amide bonds. The number of nitrogens with one attached hydrogen (secondary N) is 2. The molecule has 0 radical (unpaired) electrons. The van der Waals surface area contributed by atoms with E-state index >= 15 is 0 Å². The van der Waals surface area contributed by atoms with E-state index in [9.17, 15) is 14.4 Å². The number of nitrogens with zero attached hydrogens (tertiary/aromatic N) is 5. The second-order valence-corrected chi connectivity index (χ2v) is 17.7. The van der Waals surface area contributed by atoms with Crippen LogP contribution in [0.5, 0.6) is 17.2 Å². The molecule has 3 aliphatic rings. The van der Waals surface area contributed by atoms with Crippen molar-refractivity contribution in [2.75, 3.05) is 64.9 Å². The Morgan fingerprint density at radius 1 is 0.836 bits per heavy atom. The Bertz CT molecular complexity index is 2480. The Labute approximate surface area is 393 Å². The Kier molecular flexibility index (Phi) is 16.4. The number of methoxy groups -OCH3 is 1. The molecule has 0 aliphatic carbocycles. The average molecular weight is 916 g/mol. The lowest BCUT2D eigenvalue weighted by Crippen LogP contribution is -2.54. The molecule has 4 aromatic carbocycles. The minimum Gasteiger partial charge on any atom is -0.495 e. The lowest BCUT2D eigenvalue weighted by atomic mass is 9.82. The number of unbranched alkanes of at least 4 members (excludes halogenated alkanes) is 2. The third-order valence-corrected chi connectivity index (χ3v) is 13.1. The van der Waals surface area contributed by atoms with Gasteiger partial charge in [-0.05, 0) is 106 Å². The van der Waals surface area contributed by atoms with Gasteiger partial charge in [-0.1, -0.05) is 55.3 Å². The fourth-order valence-corrected chi connectivity index (χ4v) is 9.70. The molecule has 3 fully saturated rings. The van der Waals surface area contributed by atoms with Gasteiger partial charge in [-0.15, -0.1) is 0 Å². The van der Waals surface area contributed by atoms with E-state index < -0.39 is 6.09 Å². The number of aryl methyl sites for hydroxylation is 1. The summed E-state index contributed by atoms with van der Waals surface area (Å²) in [6.45, 7) is 9.39. The fourth-order valence-electron chi connectivity index (χ4n) is 9.70. The third kappa shape index (κ3) is 12.3. The maximum Gasteiger partial charge on any atom is 0.412 e. The van der Waals surface area contributed by atoms with Crippen molar-refractivity contribution >= 4 is 28.6 Å². The molecule has 2 bridgehead atoms. The van der Waals surface area contributed by atoms with Crippen LogP contribution < -0.4 is 30.6 Å². The number of anilines is 1. The minimum atomic E-state index is -0.419. The molecule has 15 nitrogen and oxygen atoms in total. The molecule has 2 atom stereocenters. The number of ether oxygens (including phenoxy) is 4. The van der Waals surface area contributed by atoms with Crippen LogP contribution in [0, 0.1) is 6.92 Å². The first kappa shape index (κ1) is 47.5. The summed E-state index contributed by atoms with van der Waals surface area (Å²) in [5.41, 5.74) is 6.95. The Hall–Kier alpha value is -6.00. The van der Waals surface area contributed by atoms with Gasteiger partial charge in [0.05, 0.1) is 49.1 Å². The van der Waals surface area contributed by atoms with E-state index in [-0.39, 0.29) is 24.2 Å². The van der Waals surface area contributed by atoms with Gasteiger partial charge in [0.15, 0.2) is 6.61 Å². The van der Waals surface area contributed by atoms with E-state index in [0.717, 1.165) is 69.2 Å². The highest BCUT2D eigenvalue weighted by atomic mass is 16.6. The summed E-state index contributed by atoms with van der Waals surface area (Å²) >= 11 is 0. The summed E-state index contributed by atoms with van der Waals surface area (Å²) < 4.78 is 24.8. The topological polar surface area (TPSA) is 149 Å². The molecule has 15 heteroatoms. The largest absolute Gasteiger partial charge is 0.495 e. The van der Waals surface area contributed by atoms with Gasteiger partial charge in [0, 0.05) is 57.6 Å². The third-order valence-electron chi connectivity index (χ3n) is 13.1. The summed E-state index contributed by atoms with van der Waals surface area (Å²) in [6.07, 6.45) is 8.02. The molecule has 0 spiro atoms. The lowest BCUT2D eigenvalue weighted by molar-refractivity contribution is -0.135. The molecule has 1 aromatic heterocycles. The molecule has 2 N–H and O–H groups in total. The van der Waals surface area contributed by atoms with E-state index in [0.29, 0.717) is 103 Å². The number of hydrogen-bond donors (Lipinski definition) is 2. The van der Waals surface area contributed by atoms with E-state index in [1.165, 1.54) is 6.42 Å². The second-order valence-electron chi connectivity index (χ2n) is 17.7. The molecule has 2 unspecified atom stereocenters. The molecule has 67 heavy (non-hydrogen) atoms. The van der Waals surface area contributed by atoms with Crippen LogP contribution in [-0.4, -0.2) is 114 Å². The number of benzene rings is 4. The van der Waals surface area contributed by atoms with Crippen LogP contribution in [0.25, 0.3) is 16.6 Å². The Balaban J connectivity index is 0.703. The number of hydroxylamine groups is 1. The standard InChI is InChI=1S/C52H65N7O8/c1-4-64-48-18-9-8-17-46(48)59-49(54-44-16-7-6-15-43(44)51(59)61)34-56-27-29-57(30-28-56)50(60)36-65-41-22-20-38(21-23-41)35-66-53-25-10-5-11-26-58-39-13-12-14-40(58)33-42(32-39)67-52(62)55-45-31-37(2)19-24-47(45)63-3/h6-9,15-24,31,39-40,42,53H,4-5,10-14,25-30,32-36H2,1-3H3,(H,55,62). The summed E-state index contributed by atoms with van der Waals surface area (Å²) in [7, 11) is 1.60. The normalized spacial score (nSPS) is 18.7. The van der Waals surface area contributed by atoms with Crippen molar-refractivity contribution in [2.24, 2.45) is 0 Å². The lowest BCUT2D eigenvalue weighted by Gasteiger charge is -2.48. The van der Waals surface area contributed by atoms with Crippen LogP contribution in [0.2, 0.25) is 0 Å². The highest BCUT2D eigenvalue weighted by Crippen LogP contribution is 2.36. The van der Waals surface area contributed by atoms with Crippen molar-refractivity contribution in [2.45, 2.75) is 96.6 Å². The van der Waals surface area contributed by atoms with Gasteiger partial charge in [-0.25, -0.2) is 15.3 Å². The number of aromatic nitrogens is 2. The van der Waals surface area contributed by atoms with Crippen LogP contribution in [0.3, 0.4) is 0 Å². The zero-order chi connectivity index (χ0) is 46.5. The second kappa shape index (κ2) is 23.1. The van der Waals surface area contributed by atoms with Crippen LogP contribution in [0.1, 0.15) is 75.2 Å². The van der Waals surface area contributed by atoms with Crippen LogP contribution in [-0.2, 0) is 27.5 Å². The molecule has 0 saturated carbocycles. The van der Waals surface area contributed by atoms with Crippen molar-refractivity contribution < 1.29 is 33.4 Å². The van der Waals surface area contributed by atoms with E-state index in [4.69, 9.17) is 28.8 Å². The predicted molar refractivity (Wildman–Crippen MR) is 258 cm³/mol. The van der Waals surface area contributed by atoms with Gasteiger partial charge >= 0.3 is 6.09 Å². The maximum atomic E-state index is 13.9. The van der Waals surface area contributed by atoms with Gasteiger partial charge in [0.1, 0.15) is 29.2 Å². The smallest absolute Gasteiger partial charge is 0.412 e. The quantitative estimate of drug-likeness (QED) is 0.0584. The monoisotopic (exact) mass is 915 g/mol. The number of piperazine rings is 1. The van der Waals surface area contributed by atoms with E-state index in [1.807, 2.05) is 104 Å². The van der Waals surface area contributed by atoms with Crippen molar-refractivity contribution in [3.63, 3.8) is 0 Å². The molecule has 356 valence electrons. The summed E-state index contributed by atoms with van der Waals surface area (Å²) in [5, 5.41) is 3.44. The van der Waals surface area contributed by atoms with Gasteiger partial charge in [0.2, 0.25) is 0 Å². The summed E-state index contributed by atoms with van der Waals surface area (Å²) in [5.74, 6) is 2.43. The first-order valence-corrected chi connectivity index (χ1v) is 23.9. The summed E-state index contributed by atoms with van der Waals surface area (Å²) in [6, 6.07) is 29.2. The van der Waals surface area contributed by atoms with E-state index in [1.54, 1.807) is 17.7 Å². The zero-order valence-electron chi connectivity index (χ0n) is 39.1.